The second-order valence-electron chi connectivity index (χ2n) is 3.85. The van der Waals surface area contributed by atoms with E-state index in [-0.39, 0.29) is 11.8 Å². The van der Waals surface area contributed by atoms with E-state index >= 15 is 0 Å². The highest BCUT2D eigenvalue weighted by Gasteiger charge is 2.10. The van der Waals surface area contributed by atoms with Gasteiger partial charge in [-0.05, 0) is 58.7 Å². The minimum atomic E-state index is -0.331. The molecule has 1 heterocycles. The topological polar surface area (TPSA) is 58.2 Å². The van der Waals surface area contributed by atoms with Crippen molar-refractivity contribution in [3.63, 3.8) is 0 Å². The summed E-state index contributed by atoms with van der Waals surface area (Å²) in [5.74, 6) is -0.645. The molecule has 0 atom stereocenters. The minimum absolute atomic E-state index is 0.315. The van der Waals surface area contributed by atoms with Gasteiger partial charge in [0.25, 0.3) is 11.8 Å². The summed E-state index contributed by atoms with van der Waals surface area (Å²) in [5.41, 5.74) is 6.41. The fourth-order valence-corrected chi connectivity index (χ4v) is 2.52. The molecule has 1 aromatic heterocycles. The van der Waals surface area contributed by atoms with E-state index in [9.17, 15) is 9.59 Å². The molecule has 0 aliphatic carbocycles. The van der Waals surface area contributed by atoms with Crippen molar-refractivity contribution in [1.29, 1.82) is 0 Å². The van der Waals surface area contributed by atoms with E-state index in [4.69, 9.17) is 0 Å². The van der Waals surface area contributed by atoms with Crippen molar-refractivity contribution < 1.29 is 9.59 Å². The highest BCUT2D eigenvalue weighted by atomic mass is 127. The van der Waals surface area contributed by atoms with E-state index < -0.39 is 0 Å². The molecule has 2 amide bonds. The maximum atomic E-state index is 11.9. The van der Waals surface area contributed by atoms with Gasteiger partial charge in [0.2, 0.25) is 0 Å². The number of thiophene rings is 1. The molecule has 0 saturated heterocycles. The fraction of sp³-hybridized carbons (Fsp3) is 0.0769. The largest absolute Gasteiger partial charge is 0.279 e. The number of rotatable bonds is 2. The van der Waals surface area contributed by atoms with Crippen LogP contribution in [0, 0.1) is 10.5 Å². The van der Waals surface area contributed by atoms with Crippen LogP contribution in [-0.2, 0) is 0 Å². The number of carbonyl (C=O) groups is 2. The highest BCUT2D eigenvalue weighted by Crippen LogP contribution is 2.13. The first-order chi connectivity index (χ1) is 9.08. The number of hydrogen-bond donors (Lipinski definition) is 2. The van der Waals surface area contributed by atoms with Crippen molar-refractivity contribution >= 4 is 45.7 Å². The number of hydrazine groups is 1. The first kappa shape index (κ1) is 14.0. The third-order valence-corrected chi connectivity index (χ3v) is 4.50. The Morgan fingerprint density at radius 1 is 1.16 bits per heavy atom. The van der Waals surface area contributed by atoms with Gasteiger partial charge in [0.05, 0.1) is 4.88 Å². The van der Waals surface area contributed by atoms with Crippen LogP contribution in [0.4, 0.5) is 0 Å². The van der Waals surface area contributed by atoms with Crippen LogP contribution in [0.3, 0.4) is 0 Å². The Balaban J connectivity index is 1.98. The summed E-state index contributed by atoms with van der Waals surface area (Å²) in [6.45, 7) is 1.97. The molecule has 4 nitrogen and oxygen atoms in total. The molecule has 2 aromatic rings. The molecule has 0 aliphatic heterocycles. The second-order valence-corrected chi connectivity index (χ2v) is 5.96. The molecule has 0 unspecified atom stereocenters. The smallest absolute Gasteiger partial charge is 0.267 e. The third kappa shape index (κ3) is 3.54. The van der Waals surface area contributed by atoms with Crippen molar-refractivity contribution in [3.8, 4) is 0 Å². The van der Waals surface area contributed by atoms with Crippen LogP contribution in [-0.4, -0.2) is 11.8 Å². The predicted molar refractivity (Wildman–Crippen MR) is 83.1 cm³/mol. The van der Waals surface area contributed by atoms with Gasteiger partial charge in [-0.15, -0.1) is 11.3 Å². The van der Waals surface area contributed by atoms with E-state index in [0.717, 1.165) is 9.13 Å². The Morgan fingerprint density at radius 2 is 1.89 bits per heavy atom. The maximum absolute atomic E-state index is 11.9. The van der Waals surface area contributed by atoms with E-state index in [2.05, 4.69) is 33.4 Å². The van der Waals surface area contributed by atoms with Crippen LogP contribution < -0.4 is 10.9 Å². The van der Waals surface area contributed by atoms with Crippen LogP contribution in [0.2, 0.25) is 0 Å². The monoisotopic (exact) mass is 386 g/mol. The SMILES string of the molecule is Cc1ccc(C(=O)NNC(=O)c2cccs2)cc1I. The molecule has 98 valence electrons. The quantitative estimate of drug-likeness (QED) is 0.616. The van der Waals surface area contributed by atoms with Gasteiger partial charge in [-0.2, -0.15) is 0 Å². The zero-order chi connectivity index (χ0) is 13.8. The second kappa shape index (κ2) is 6.16. The Morgan fingerprint density at radius 3 is 2.53 bits per heavy atom. The van der Waals surface area contributed by atoms with Crippen LogP contribution in [0.25, 0.3) is 0 Å². The fourth-order valence-electron chi connectivity index (χ4n) is 1.39. The number of nitrogens with one attached hydrogen (secondary N) is 2. The lowest BCUT2D eigenvalue weighted by molar-refractivity contribution is 0.0849. The zero-order valence-corrected chi connectivity index (χ0v) is 13.0. The van der Waals surface area contributed by atoms with E-state index in [1.165, 1.54) is 11.3 Å². The minimum Gasteiger partial charge on any atom is -0.267 e. The summed E-state index contributed by atoms with van der Waals surface area (Å²) in [6.07, 6.45) is 0. The molecule has 2 rings (SSSR count). The summed E-state index contributed by atoms with van der Waals surface area (Å²) in [5, 5.41) is 1.80. The summed E-state index contributed by atoms with van der Waals surface area (Å²) in [4.78, 5) is 24.1. The lowest BCUT2D eigenvalue weighted by Crippen LogP contribution is -2.41. The molecule has 0 saturated carbocycles. The molecular weight excluding hydrogens is 375 g/mol. The van der Waals surface area contributed by atoms with Crippen molar-refractivity contribution in [2.75, 3.05) is 0 Å². The molecule has 0 aliphatic rings. The first-order valence-electron chi connectivity index (χ1n) is 5.48. The summed E-state index contributed by atoms with van der Waals surface area (Å²) in [6, 6.07) is 8.86. The first-order valence-corrected chi connectivity index (χ1v) is 7.44. The van der Waals surface area contributed by atoms with Crippen LogP contribution in [0.15, 0.2) is 35.7 Å². The van der Waals surface area contributed by atoms with Crippen LogP contribution in [0.1, 0.15) is 25.6 Å². The lowest BCUT2D eigenvalue weighted by Gasteiger charge is -2.07. The van der Waals surface area contributed by atoms with Gasteiger partial charge in [-0.25, -0.2) is 0 Å². The normalized spacial score (nSPS) is 10.0. The van der Waals surface area contributed by atoms with Gasteiger partial charge in [-0.3, -0.25) is 20.4 Å². The number of carbonyl (C=O) groups excluding carboxylic acids is 2. The van der Waals surface area contributed by atoms with Gasteiger partial charge >= 0.3 is 0 Å². The van der Waals surface area contributed by atoms with Gasteiger partial charge < -0.3 is 0 Å². The van der Waals surface area contributed by atoms with E-state index in [0.29, 0.717) is 10.4 Å². The van der Waals surface area contributed by atoms with Gasteiger partial charge in [0.15, 0.2) is 0 Å². The Bertz CT molecular complexity index is 611. The number of amides is 2. The summed E-state index contributed by atoms with van der Waals surface area (Å²) < 4.78 is 1.01. The Labute approximate surface area is 128 Å². The van der Waals surface area contributed by atoms with Gasteiger partial charge in [0, 0.05) is 9.13 Å². The predicted octanol–water partition coefficient (Wildman–Crippen LogP) is 2.74. The van der Waals surface area contributed by atoms with E-state index in [1.807, 2.05) is 13.0 Å². The number of aryl methyl sites for hydroxylation is 1. The summed E-state index contributed by atoms with van der Waals surface area (Å²) in [7, 11) is 0. The number of hydrogen-bond acceptors (Lipinski definition) is 3. The lowest BCUT2D eigenvalue weighted by atomic mass is 10.1. The molecule has 19 heavy (non-hydrogen) atoms. The molecule has 0 radical (unpaired) electrons. The van der Waals surface area contributed by atoms with Crippen molar-refractivity contribution in [2.24, 2.45) is 0 Å². The standard InChI is InChI=1S/C13H11IN2O2S/c1-8-4-5-9(7-10(8)14)12(17)15-16-13(18)11-3-2-6-19-11/h2-7H,1H3,(H,15,17)(H,16,18). The maximum Gasteiger partial charge on any atom is 0.279 e. The molecular formula is C13H11IN2O2S. The van der Waals surface area contributed by atoms with Crippen LogP contribution >= 0.6 is 33.9 Å². The molecule has 6 heteroatoms. The average Bonchev–Trinajstić information content (AvgIpc) is 2.92. The van der Waals surface area contributed by atoms with Crippen molar-refractivity contribution in [1.82, 2.24) is 10.9 Å². The third-order valence-electron chi connectivity index (χ3n) is 2.47. The Kier molecular flexibility index (Phi) is 4.54. The van der Waals surface area contributed by atoms with Crippen molar-refractivity contribution in [2.45, 2.75) is 6.92 Å². The Hall–Kier alpha value is -1.41. The van der Waals surface area contributed by atoms with Crippen LogP contribution in [0.5, 0.6) is 0 Å². The summed E-state index contributed by atoms with van der Waals surface area (Å²) >= 11 is 3.49. The zero-order valence-electron chi connectivity index (χ0n) is 10.1. The highest BCUT2D eigenvalue weighted by molar-refractivity contribution is 14.1. The van der Waals surface area contributed by atoms with E-state index in [1.54, 1.807) is 29.6 Å². The number of benzene rings is 1. The number of halogens is 1. The molecule has 2 N–H and O–H groups in total. The van der Waals surface area contributed by atoms with Gasteiger partial charge in [0.1, 0.15) is 0 Å². The van der Waals surface area contributed by atoms with Crippen molar-refractivity contribution in [3.05, 3.63) is 55.3 Å². The molecule has 0 bridgehead atoms. The average molecular weight is 386 g/mol. The van der Waals surface area contributed by atoms with Gasteiger partial charge in [-0.1, -0.05) is 12.1 Å². The molecule has 0 spiro atoms. The molecule has 1 aromatic carbocycles. The molecule has 0 fully saturated rings.